The lowest BCUT2D eigenvalue weighted by Gasteiger charge is -2.24. The fraction of sp³-hybridized carbons (Fsp3) is 0.364. The molecule has 0 aliphatic heterocycles. The summed E-state index contributed by atoms with van der Waals surface area (Å²) in [5, 5.41) is 2.76. The zero-order chi connectivity index (χ0) is 19.0. The second kappa shape index (κ2) is 9.18. The van der Waals surface area contributed by atoms with Gasteiger partial charge in [-0.1, -0.05) is 81.4 Å². The van der Waals surface area contributed by atoms with Gasteiger partial charge < -0.3 is 10.2 Å². The summed E-state index contributed by atoms with van der Waals surface area (Å²) < 4.78 is 0. The Hall–Kier alpha value is -2.62. The standard InChI is InChI=1S/C22H28N2O2/c1-22(2,3)21(26)23-16-20(25)24(17-19-12-8-5-9-13-19)15-14-18-10-6-4-7-11-18/h4-13H,14-17H2,1-3H3,(H,23,26). The number of carbonyl (C=O) groups excluding carboxylic acids is 2. The number of benzene rings is 2. The largest absolute Gasteiger partial charge is 0.347 e. The van der Waals surface area contributed by atoms with E-state index in [1.165, 1.54) is 5.56 Å². The van der Waals surface area contributed by atoms with Gasteiger partial charge in [0.05, 0.1) is 6.54 Å². The van der Waals surface area contributed by atoms with Crippen LogP contribution in [0.4, 0.5) is 0 Å². The first-order valence-corrected chi connectivity index (χ1v) is 9.00. The average molecular weight is 352 g/mol. The maximum absolute atomic E-state index is 12.7. The van der Waals surface area contributed by atoms with E-state index in [1.807, 2.05) is 74.2 Å². The van der Waals surface area contributed by atoms with Crippen LogP contribution >= 0.6 is 0 Å². The van der Waals surface area contributed by atoms with Crippen LogP contribution in [0.25, 0.3) is 0 Å². The van der Waals surface area contributed by atoms with Gasteiger partial charge >= 0.3 is 0 Å². The van der Waals surface area contributed by atoms with Crippen molar-refractivity contribution in [1.29, 1.82) is 0 Å². The molecular weight excluding hydrogens is 324 g/mol. The predicted molar refractivity (Wildman–Crippen MR) is 104 cm³/mol. The topological polar surface area (TPSA) is 49.4 Å². The second-order valence-electron chi connectivity index (χ2n) is 7.47. The Kier molecular flexibility index (Phi) is 6.96. The van der Waals surface area contributed by atoms with Gasteiger partial charge in [0.15, 0.2) is 0 Å². The Bertz CT molecular complexity index is 706. The molecule has 1 N–H and O–H groups in total. The van der Waals surface area contributed by atoms with E-state index in [0.29, 0.717) is 13.1 Å². The van der Waals surface area contributed by atoms with Gasteiger partial charge in [-0.3, -0.25) is 9.59 Å². The molecule has 0 bridgehead atoms. The summed E-state index contributed by atoms with van der Waals surface area (Å²) in [6.07, 6.45) is 0.784. The van der Waals surface area contributed by atoms with E-state index in [4.69, 9.17) is 0 Å². The van der Waals surface area contributed by atoms with Gasteiger partial charge in [-0.2, -0.15) is 0 Å². The highest BCUT2D eigenvalue weighted by Gasteiger charge is 2.22. The summed E-state index contributed by atoms with van der Waals surface area (Å²) in [6.45, 7) is 6.69. The lowest BCUT2D eigenvalue weighted by atomic mass is 9.96. The lowest BCUT2D eigenvalue weighted by molar-refractivity contribution is -0.135. The molecule has 0 unspecified atom stereocenters. The normalized spacial score (nSPS) is 11.0. The number of nitrogens with one attached hydrogen (secondary N) is 1. The molecule has 26 heavy (non-hydrogen) atoms. The Morgan fingerprint density at radius 3 is 1.96 bits per heavy atom. The van der Waals surface area contributed by atoms with Crippen molar-refractivity contribution >= 4 is 11.8 Å². The molecule has 0 heterocycles. The van der Waals surface area contributed by atoms with E-state index < -0.39 is 5.41 Å². The summed E-state index contributed by atoms with van der Waals surface area (Å²) in [5.74, 6) is -0.184. The number of amides is 2. The molecule has 0 aromatic heterocycles. The maximum Gasteiger partial charge on any atom is 0.242 e. The van der Waals surface area contributed by atoms with Crippen molar-refractivity contribution in [2.24, 2.45) is 5.41 Å². The van der Waals surface area contributed by atoms with Gasteiger partial charge in [-0.05, 0) is 17.5 Å². The van der Waals surface area contributed by atoms with Crippen molar-refractivity contribution in [1.82, 2.24) is 10.2 Å². The molecule has 2 rings (SSSR count). The van der Waals surface area contributed by atoms with Crippen LogP contribution in [0.5, 0.6) is 0 Å². The number of hydrogen-bond donors (Lipinski definition) is 1. The van der Waals surface area contributed by atoms with Gasteiger partial charge in [-0.15, -0.1) is 0 Å². The fourth-order valence-corrected chi connectivity index (χ4v) is 2.54. The minimum Gasteiger partial charge on any atom is -0.347 e. The van der Waals surface area contributed by atoms with Crippen molar-refractivity contribution in [2.45, 2.75) is 33.7 Å². The third-order valence-corrected chi connectivity index (χ3v) is 4.16. The van der Waals surface area contributed by atoms with Crippen molar-refractivity contribution < 1.29 is 9.59 Å². The van der Waals surface area contributed by atoms with Crippen LogP contribution in [0, 0.1) is 5.41 Å². The van der Waals surface area contributed by atoms with Crippen LogP contribution in [0.1, 0.15) is 31.9 Å². The third kappa shape index (κ3) is 6.36. The van der Waals surface area contributed by atoms with Crippen LogP contribution in [-0.4, -0.2) is 29.8 Å². The monoisotopic (exact) mass is 352 g/mol. The summed E-state index contributed by atoms with van der Waals surface area (Å²) >= 11 is 0. The Morgan fingerprint density at radius 1 is 0.885 bits per heavy atom. The highest BCUT2D eigenvalue weighted by molar-refractivity contribution is 5.87. The molecule has 4 heteroatoms. The second-order valence-corrected chi connectivity index (χ2v) is 7.47. The summed E-state index contributed by atoms with van der Waals surface area (Å²) in [6, 6.07) is 20.0. The van der Waals surface area contributed by atoms with Gasteiger partial charge in [0, 0.05) is 18.5 Å². The van der Waals surface area contributed by atoms with Gasteiger partial charge in [0.1, 0.15) is 0 Å². The molecule has 4 nitrogen and oxygen atoms in total. The minimum atomic E-state index is -0.505. The SMILES string of the molecule is CC(C)(C)C(=O)NCC(=O)N(CCc1ccccc1)Cc1ccccc1. The van der Waals surface area contributed by atoms with Crippen molar-refractivity contribution in [2.75, 3.05) is 13.1 Å². The van der Waals surface area contributed by atoms with Crippen LogP contribution in [0.3, 0.4) is 0 Å². The highest BCUT2D eigenvalue weighted by atomic mass is 16.2. The quantitative estimate of drug-likeness (QED) is 0.830. The van der Waals surface area contributed by atoms with Crippen molar-refractivity contribution in [3.63, 3.8) is 0 Å². The molecule has 2 amide bonds. The number of nitrogens with zero attached hydrogens (tertiary/aromatic N) is 1. The molecule has 0 aliphatic rings. The smallest absolute Gasteiger partial charge is 0.242 e. The van der Waals surface area contributed by atoms with E-state index in [-0.39, 0.29) is 18.4 Å². The highest BCUT2D eigenvalue weighted by Crippen LogP contribution is 2.12. The summed E-state index contributed by atoms with van der Waals surface area (Å²) in [4.78, 5) is 26.6. The third-order valence-electron chi connectivity index (χ3n) is 4.16. The Morgan fingerprint density at radius 2 is 1.42 bits per heavy atom. The minimum absolute atomic E-state index is 0.0255. The van der Waals surface area contributed by atoms with Crippen molar-refractivity contribution in [3.05, 3.63) is 71.8 Å². The molecule has 2 aromatic carbocycles. The van der Waals surface area contributed by atoms with E-state index in [1.54, 1.807) is 0 Å². The molecule has 0 atom stereocenters. The first-order valence-electron chi connectivity index (χ1n) is 9.00. The Labute approximate surface area is 156 Å². The fourth-order valence-electron chi connectivity index (χ4n) is 2.54. The molecule has 0 fully saturated rings. The van der Waals surface area contributed by atoms with Crippen LogP contribution in [0.2, 0.25) is 0 Å². The zero-order valence-corrected chi connectivity index (χ0v) is 15.9. The van der Waals surface area contributed by atoms with Crippen LogP contribution in [0.15, 0.2) is 60.7 Å². The molecule has 138 valence electrons. The predicted octanol–water partition coefficient (Wildman–Crippen LogP) is 3.42. The van der Waals surface area contributed by atoms with Gasteiger partial charge in [-0.25, -0.2) is 0 Å². The van der Waals surface area contributed by atoms with E-state index in [9.17, 15) is 9.59 Å². The number of hydrogen-bond acceptors (Lipinski definition) is 2. The number of rotatable bonds is 7. The molecule has 0 spiro atoms. The molecule has 0 saturated heterocycles. The van der Waals surface area contributed by atoms with E-state index in [0.717, 1.165) is 12.0 Å². The molecule has 0 radical (unpaired) electrons. The first kappa shape index (κ1) is 19.7. The molecule has 0 aliphatic carbocycles. The summed E-state index contributed by atoms with van der Waals surface area (Å²) in [7, 11) is 0. The Balaban J connectivity index is 2.01. The summed E-state index contributed by atoms with van der Waals surface area (Å²) in [5.41, 5.74) is 1.77. The van der Waals surface area contributed by atoms with Crippen LogP contribution in [-0.2, 0) is 22.6 Å². The van der Waals surface area contributed by atoms with E-state index >= 15 is 0 Å². The zero-order valence-electron chi connectivity index (χ0n) is 15.9. The number of carbonyl (C=O) groups is 2. The van der Waals surface area contributed by atoms with Gasteiger partial charge in [0.2, 0.25) is 11.8 Å². The molecule has 2 aromatic rings. The van der Waals surface area contributed by atoms with E-state index in [2.05, 4.69) is 17.4 Å². The molecular formula is C22H28N2O2. The molecule has 0 saturated carbocycles. The van der Waals surface area contributed by atoms with Crippen molar-refractivity contribution in [3.8, 4) is 0 Å². The maximum atomic E-state index is 12.7. The average Bonchev–Trinajstić information content (AvgIpc) is 2.63. The van der Waals surface area contributed by atoms with Gasteiger partial charge in [0.25, 0.3) is 0 Å². The first-order chi connectivity index (χ1) is 12.4. The van der Waals surface area contributed by atoms with Crippen LogP contribution < -0.4 is 5.32 Å². The lowest BCUT2D eigenvalue weighted by Crippen LogP contribution is -2.43.